The molecule has 7 nitrogen and oxygen atoms in total. The van der Waals surface area contributed by atoms with Crippen molar-refractivity contribution in [2.45, 2.75) is 32.2 Å². The minimum atomic E-state index is -0.482. The number of aromatic nitrogens is 2. The number of nitrogens with zero attached hydrogens (tertiary/aromatic N) is 2. The number of ketones is 1. The lowest BCUT2D eigenvalue weighted by Crippen LogP contribution is -2.32. The minimum absolute atomic E-state index is 0.0789. The van der Waals surface area contributed by atoms with Crippen molar-refractivity contribution in [1.82, 2.24) is 9.78 Å². The molecule has 1 atom stereocenters. The van der Waals surface area contributed by atoms with E-state index in [2.05, 4.69) is 15.7 Å². The summed E-state index contributed by atoms with van der Waals surface area (Å²) in [5.41, 5.74) is 3.33. The van der Waals surface area contributed by atoms with Crippen LogP contribution in [-0.2, 0) is 4.79 Å². The summed E-state index contributed by atoms with van der Waals surface area (Å²) in [6, 6.07) is 14.2. The van der Waals surface area contributed by atoms with Gasteiger partial charge in [-0.25, -0.2) is 4.68 Å². The van der Waals surface area contributed by atoms with Crippen molar-refractivity contribution < 1.29 is 14.3 Å². The molecule has 0 spiro atoms. The third kappa shape index (κ3) is 3.89. The van der Waals surface area contributed by atoms with Crippen molar-refractivity contribution in [1.29, 1.82) is 0 Å². The van der Waals surface area contributed by atoms with Gasteiger partial charge in [-0.2, -0.15) is 5.10 Å². The van der Waals surface area contributed by atoms with Gasteiger partial charge < -0.3 is 15.4 Å². The zero-order valence-electron chi connectivity index (χ0n) is 18.1. The first-order chi connectivity index (χ1) is 16.1. The van der Waals surface area contributed by atoms with Crippen molar-refractivity contribution in [2.75, 3.05) is 17.2 Å². The molecule has 0 unspecified atom stereocenters. The van der Waals surface area contributed by atoms with E-state index in [1.807, 2.05) is 37.3 Å². The third-order valence-corrected chi connectivity index (χ3v) is 6.25. The normalized spacial score (nSPS) is 17.2. The molecule has 1 aliphatic carbocycles. The van der Waals surface area contributed by atoms with Gasteiger partial charge in [-0.05, 0) is 55.7 Å². The van der Waals surface area contributed by atoms with E-state index in [1.165, 1.54) is 6.20 Å². The Hall–Kier alpha value is -3.58. The maximum Gasteiger partial charge on any atom is 0.261 e. The highest BCUT2D eigenvalue weighted by atomic mass is 35.5. The molecule has 2 heterocycles. The molecule has 5 rings (SSSR count). The summed E-state index contributed by atoms with van der Waals surface area (Å²) in [6.45, 7) is 2.50. The van der Waals surface area contributed by atoms with Crippen molar-refractivity contribution in [3.05, 3.63) is 82.1 Å². The molecule has 0 radical (unpaired) electrons. The number of allylic oxidation sites excluding steroid dienone is 2. The van der Waals surface area contributed by atoms with Gasteiger partial charge in [0.05, 0.1) is 12.8 Å². The molecule has 1 aromatic heterocycles. The van der Waals surface area contributed by atoms with Gasteiger partial charge >= 0.3 is 0 Å². The molecule has 1 amide bonds. The molecule has 3 aromatic rings. The van der Waals surface area contributed by atoms with Gasteiger partial charge in [0.2, 0.25) is 0 Å². The number of carbonyl (C=O) groups excluding carboxylic acids is 2. The van der Waals surface area contributed by atoms with Crippen molar-refractivity contribution >= 4 is 34.8 Å². The van der Waals surface area contributed by atoms with Gasteiger partial charge in [0.25, 0.3) is 5.91 Å². The molecule has 1 aliphatic heterocycles. The zero-order chi connectivity index (χ0) is 22.9. The summed E-state index contributed by atoms with van der Waals surface area (Å²) in [4.78, 5) is 26.1. The topological polar surface area (TPSA) is 85.2 Å². The van der Waals surface area contributed by atoms with Crippen LogP contribution in [0, 0.1) is 0 Å². The average molecular weight is 463 g/mol. The fraction of sp³-hybridized carbons (Fsp3) is 0.240. The molecule has 0 fully saturated rings. The zero-order valence-corrected chi connectivity index (χ0v) is 18.9. The lowest BCUT2D eigenvalue weighted by atomic mass is 9.85. The summed E-state index contributed by atoms with van der Waals surface area (Å²) < 4.78 is 7.15. The Kier molecular flexibility index (Phi) is 5.64. The molecule has 2 aliphatic rings. The second-order valence-corrected chi connectivity index (χ2v) is 8.39. The highest BCUT2D eigenvalue weighted by molar-refractivity contribution is 6.31. The second-order valence-electron chi connectivity index (χ2n) is 7.98. The van der Waals surface area contributed by atoms with E-state index in [9.17, 15) is 9.59 Å². The fourth-order valence-corrected chi connectivity index (χ4v) is 4.65. The number of halogens is 1. The number of benzene rings is 2. The van der Waals surface area contributed by atoms with E-state index in [4.69, 9.17) is 16.3 Å². The molecule has 168 valence electrons. The van der Waals surface area contributed by atoms with Gasteiger partial charge in [-0.15, -0.1) is 0 Å². The summed E-state index contributed by atoms with van der Waals surface area (Å²) >= 11 is 6.53. The van der Waals surface area contributed by atoms with Crippen LogP contribution >= 0.6 is 11.6 Å². The summed E-state index contributed by atoms with van der Waals surface area (Å²) in [7, 11) is 0. The molecule has 33 heavy (non-hydrogen) atoms. The van der Waals surface area contributed by atoms with Crippen LogP contribution in [0.1, 0.15) is 48.1 Å². The number of ether oxygens (including phenoxy) is 1. The molecular formula is C25H23ClN4O3. The van der Waals surface area contributed by atoms with E-state index in [-0.39, 0.29) is 11.7 Å². The summed E-state index contributed by atoms with van der Waals surface area (Å²) in [5.74, 6) is 1.08. The molecular weight excluding hydrogens is 440 g/mol. The number of amides is 1. The van der Waals surface area contributed by atoms with Crippen LogP contribution in [0.25, 0.3) is 0 Å². The quantitative estimate of drug-likeness (QED) is 0.543. The number of Topliss-reactive ketones (excluding diaryl/α,β-unsaturated/α-hetero) is 1. The van der Waals surface area contributed by atoms with Crippen LogP contribution < -0.4 is 15.4 Å². The predicted octanol–water partition coefficient (Wildman–Crippen LogP) is 5.21. The van der Waals surface area contributed by atoms with E-state index >= 15 is 0 Å². The minimum Gasteiger partial charge on any atom is -0.494 e. The third-order valence-electron chi connectivity index (χ3n) is 5.91. The smallest absolute Gasteiger partial charge is 0.261 e. The van der Waals surface area contributed by atoms with E-state index in [0.717, 1.165) is 29.9 Å². The number of hydrogen-bond donors (Lipinski definition) is 2. The number of anilines is 2. The maximum absolute atomic E-state index is 13.1. The van der Waals surface area contributed by atoms with E-state index in [0.29, 0.717) is 40.7 Å². The number of nitrogens with one attached hydrogen (secondary N) is 2. The van der Waals surface area contributed by atoms with Crippen LogP contribution in [0.5, 0.6) is 5.75 Å². The Bertz CT molecular complexity index is 1260. The fourth-order valence-electron chi connectivity index (χ4n) is 4.41. The van der Waals surface area contributed by atoms with Gasteiger partial charge in [0.15, 0.2) is 5.78 Å². The Labute approximate surface area is 196 Å². The lowest BCUT2D eigenvalue weighted by molar-refractivity contribution is -0.116. The van der Waals surface area contributed by atoms with E-state index < -0.39 is 6.04 Å². The summed E-state index contributed by atoms with van der Waals surface area (Å²) in [6.07, 6.45) is 3.51. The van der Waals surface area contributed by atoms with Crippen molar-refractivity contribution in [2.24, 2.45) is 0 Å². The summed E-state index contributed by atoms with van der Waals surface area (Å²) in [5, 5.41) is 11.3. The Balaban J connectivity index is 1.52. The van der Waals surface area contributed by atoms with Crippen molar-refractivity contribution in [3.63, 3.8) is 0 Å². The van der Waals surface area contributed by atoms with E-state index in [1.54, 1.807) is 22.9 Å². The standard InChI is InChI=1S/C25H23ClN4O3/c1-2-33-16-12-10-15(11-13-16)28-25(32)18-14-27-30-23(17-6-3-4-7-19(17)26)22-20(29-24(18)30)8-5-9-21(22)31/h3-4,6-7,10-14,23,29H,2,5,8-9H2,1H3,(H,28,32)/t23-/m1/s1. The Morgan fingerprint density at radius 1 is 1.21 bits per heavy atom. The molecule has 2 N–H and O–H groups in total. The largest absolute Gasteiger partial charge is 0.494 e. The molecule has 0 bridgehead atoms. The first-order valence-electron chi connectivity index (χ1n) is 11.0. The highest BCUT2D eigenvalue weighted by Gasteiger charge is 2.38. The first-order valence-corrected chi connectivity index (χ1v) is 11.3. The molecule has 8 heteroatoms. The monoisotopic (exact) mass is 462 g/mol. The van der Waals surface area contributed by atoms with Gasteiger partial charge in [0.1, 0.15) is 23.2 Å². The number of carbonyl (C=O) groups is 2. The van der Waals surface area contributed by atoms with Crippen molar-refractivity contribution in [3.8, 4) is 5.75 Å². The Morgan fingerprint density at radius 3 is 2.76 bits per heavy atom. The van der Waals surface area contributed by atoms with Crippen LogP contribution in [-0.4, -0.2) is 28.1 Å². The molecule has 0 saturated carbocycles. The lowest BCUT2D eigenvalue weighted by Gasteiger charge is -2.33. The van der Waals surface area contributed by atoms with Crippen LogP contribution in [0.3, 0.4) is 0 Å². The Morgan fingerprint density at radius 2 is 2.00 bits per heavy atom. The average Bonchev–Trinajstić information content (AvgIpc) is 3.24. The maximum atomic E-state index is 13.1. The number of rotatable bonds is 5. The second kappa shape index (κ2) is 8.75. The van der Waals surface area contributed by atoms with Gasteiger partial charge in [-0.1, -0.05) is 29.8 Å². The van der Waals surface area contributed by atoms with Gasteiger partial charge in [-0.3, -0.25) is 9.59 Å². The van der Waals surface area contributed by atoms with Gasteiger partial charge in [0, 0.05) is 28.4 Å². The SMILES string of the molecule is CCOc1ccc(NC(=O)c2cnn3c2NC2=C(C(=O)CCC2)[C@H]3c2ccccc2Cl)cc1. The molecule has 0 saturated heterocycles. The highest BCUT2D eigenvalue weighted by Crippen LogP contribution is 2.43. The van der Waals surface area contributed by atoms with Crippen LogP contribution in [0.15, 0.2) is 66.0 Å². The number of hydrogen-bond acceptors (Lipinski definition) is 5. The van der Waals surface area contributed by atoms with Crippen LogP contribution in [0.2, 0.25) is 5.02 Å². The van der Waals surface area contributed by atoms with Crippen LogP contribution in [0.4, 0.5) is 11.5 Å². The predicted molar refractivity (Wildman–Crippen MR) is 127 cm³/mol. The molecule has 2 aromatic carbocycles. The first kappa shape index (κ1) is 21.3. The number of fused-ring (bicyclic) bond motifs is 1.